The summed E-state index contributed by atoms with van der Waals surface area (Å²) >= 11 is 0. The Hall–Kier alpha value is -0.300. The van der Waals surface area contributed by atoms with Gasteiger partial charge in [-0.05, 0) is 44.1 Å². The van der Waals surface area contributed by atoms with Gasteiger partial charge in [0.2, 0.25) is 0 Å². The summed E-state index contributed by atoms with van der Waals surface area (Å²) in [6.07, 6.45) is 6.41. The summed E-state index contributed by atoms with van der Waals surface area (Å²) in [6.45, 7) is 3.75. The van der Waals surface area contributed by atoms with Crippen molar-refractivity contribution >= 4 is 0 Å². The molecular formula is C11H17N. The van der Waals surface area contributed by atoms with Crippen molar-refractivity contribution in [3.05, 3.63) is 12.2 Å². The lowest BCUT2D eigenvalue weighted by Gasteiger charge is -2.24. The Morgan fingerprint density at radius 3 is 2.75 bits per heavy atom. The summed E-state index contributed by atoms with van der Waals surface area (Å²) in [5, 5.41) is 0. The van der Waals surface area contributed by atoms with Crippen LogP contribution < -0.4 is 0 Å². The van der Waals surface area contributed by atoms with Gasteiger partial charge in [-0.3, -0.25) is 0 Å². The second-order valence-electron chi connectivity index (χ2n) is 4.87. The molecular weight excluding hydrogens is 146 g/mol. The third-order valence-corrected chi connectivity index (χ3v) is 4.44. The zero-order valence-electron chi connectivity index (χ0n) is 7.90. The maximum atomic E-state index is 2.54. The average molecular weight is 163 g/mol. The molecule has 0 aromatic rings. The van der Waals surface area contributed by atoms with E-state index in [2.05, 4.69) is 31.0 Å². The van der Waals surface area contributed by atoms with Crippen LogP contribution in [0.1, 0.15) is 13.3 Å². The molecule has 1 heterocycles. The highest BCUT2D eigenvalue weighted by Gasteiger charge is 2.51. The summed E-state index contributed by atoms with van der Waals surface area (Å²) in [7, 11) is 2.28. The molecule has 3 unspecified atom stereocenters. The van der Waals surface area contributed by atoms with Crippen molar-refractivity contribution in [1.82, 2.24) is 4.90 Å². The zero-order valence-corrected chi connectivity index (χ0v) is 7.90. The van der Waals surface area contributed by atoms with E-state index >= 15 is 0 Å². The SMILES string of the molecule is CC1[C@H]2C3C=CC(C3)[C@H]2CN1C. The molecule has 1 nitrogen and oxygen atoms in total. The van der Waals surface area contributed by atoms with Crippen LogP contribution in [0, 0.1) is 23.7 Å². The van der Waals surface area contributed by atoms with Gasteiger partial charge in [0, 0.05) is 12.6 Å². The van der Waals surface area contributed by atoms with Gasteiger partial charge in [-0.15, -0.1) is 0 Å². The lowest BCUT2D eigenvalue weighted by Crippen LogP contribution is -2.28. The second kappa shape index (κ2) is 2.14. The van der Waals surface area contributed by atoms with Gasteiger partial charge >= 0.3 is 0 Å². The van der Waals surface area contributed by atoms with Crippen LogP contribution in [0.25, 0.3) is 0 Å². The van der Waals surface area contributed by atoms with E-state index in [0.717, 1.165) is 29.7 Å². The first-order valence-corrected chi connectivity index (χ1v) is 5.16. The predicted molar refractivity (Wildman–Crippen MR) is 49.8 cm³/mol. The van der Waals surface area contributed by atoms with E-state index in [0.29, 0.717) is 0 Å². The van der Waals surface area contributed by atoms with E-state index in [9.17, 15) is 0 Å². The Bertz CT molecular complexity index is 233. The first-order chi connectivity index (χ1) is 5.77. The van der Waals surface area contributed by atoms with Gasteiger partial charge in [-0.25, -0.2) is 0 Å². The van der Waals surface area contributed by atoms with E-state index in [1.807, 2.05) is 0 Å². The van der Waals surface area contributed by atoms with Crippen LogP contribution in [0.5, 0.6) is 0 Å². The Morgan fingerprint density at radius 2 is 2.00 bits per heavy atom. The largest absolute Gasteiger partial charge is 0.303 e. The molecule has 0 N–H and O–H groups in total. The molecule has 5 atom stereocenters. The fraction of sp³-hybridized carbons (Fsp3) is 0.818. The number of likely N-dealkylation sites (tertiary alicyclic amines) is 1. The Morgan fingerprint density at radius 1 is 1.25 bits per heavy atom. The number of hydrogen-bond donors (Lipinski definition) is 0. The third-order valence-electron chi connectivity index (χ3n) is 4.44. The average Bonchev–Trinajstić information content (AvgIpc) is 2.66. The molecule has 0 spiro atoms. The highest BCUT2D eigenvalue weighted by molar-refractivity contribution is 5.17. The Balaban J connectivity index is 1.94. The maximum Gasteiger partial charge on any atom is 0.0101 e. The molecule has 66 valence electrons. The van der Waals surface area contributed by atoms with E-state index < -0.39 is 0 Å². The smallest absolute Gasteiger partial charge is 0.0101 e. The number of rotatable bonds is 0. The number of allylic oxidation sites excluding steroid dienone is 2. The van der Waals surface area contributed by atoms with Crippen molar-refractivity contribution in [2.45, 2.75) is 19.4 Å². The van der Waals surface area contributed by atoms with Gasteiger partial charge < -0.3 is 4.90 Å². The lowest BCUT2D eigenvalue weighted by molar-refractivity contribution is 0.266. The van der Waals surface area contributed by atoms with Crippen LogP contribution in [0.4, 0.5) is 0 Å². The molecule has 0 aromatic carbocycles. The summed E-state index contributed by atoms with van der Waals surface area (Å²) in [5.74, 6) is 3.86. The minimum Gasteiger partial charge on any atom is -0.303 e. The van der Waals surface area contributed by atoms with Gasteiger partial charge in [0.15, 0.2) is 0 Å². The van der Waals surface area contributed by atoms with Gasteiger partial charge in [-0.2, -0.15) is 0 Å². The van der Waals surface area contributed by atoms with Crippen molar-refractivity contribution in [2.24, 2.45) is 23.7 Å². The monoisotopic (exact) mass is 163 g/mol. The topological polar surface area (TPSA) is 3.24 Å². The fourth-order valence-corrected chi connectivity index (χ4v) is 3.73. The maximum absolute atomic E-state index is 2.54. The van der Waals surface area contributed by atoms with Crippen LogP contribution in [-0.4, -0.2) is 24.5 Å². The van der Waals surface area contributed by atoms with Crippen LogP contribution >= 0.6 is 0 Å². The molecule has 3 aliphatic rings. The van der Waals surface area contributed by atoms with E-state index in [-0.39, 0.29) is 0 Å². The zero-order chi connectivity index (χ0) is 8.29. The molecule has 3 rings (SSSR count). The highest BCUT2D eigenvalue weighted by atomic mass is 15.2. The lowest BCUT2D eigenvalue weighted by atomic mass is 9.83. The molecule has 1 saturated carbocycles. The fourth-order valence-electron chi connectivity index (χ4n) is 3.73. The van der Waals surface area contributed by atoms with E-state index in [1.54, 1.807) is 0 Å². The van der Waals surface area contributed by atoms with Crippen molar-refractivity contribution in [1.29, 1.82) is 0 Å². The Labute approximate surface area is 74.4 Å². The molecule has 0 radical (unpaired) electrons. The first kappa shape index (κ1) is 7.14. The minimum absolute atomic E-state index is 0.829. The van der Waals surface area contributed by atoms with Gasteiger partial charge in [0.25, 0.3) is 0 Å². The second-order valence-corrected chi connectivity index (χ2v) is 4.87. The van der Waals surface area contributed by atoms with Gasteiger partial charge in [0.1, 0.15) is 0 Å². The molecule has 1 heteroatoms. The van der Waals surface area contributed by atoms with Gasteiger partial charge in [0.05, 0.1) is 0 Å². The molecule has 1 saturated heterocycles. The standard InChI is InChI=1S/C11H17N/c1-7-11-9-4-3-8(5-9)10(11)6-12(7)2/h3-4,7-11H,5-6H2,1-2H3/t7?,8?,9?,10-,11+/m1/s1. The molecule has 2 aliphatic carbocycles. The first-order valence-electron chi connectivity index (χ1n) is 5.16. The summed E-state index contributed by atoms with van der Waals surface area (Å²) < 4.78 is 0. The third kappa shape index (κ3) is 0.687. The Kier molecular flexibility index (Phi) is 1.27. The van der Waals surface area contributed by atoms with Crippen LogP contribution in [-0.2, 0) is 0 Å². The van der Waals surface area contributed by atoms with Crippen molar-refractivity contribution in [3.63, 3.8) is 0 Å². The molecule has 2 bridgehead atoms. The number of fused-ring (bicyclic) bond motifs is 5. The summed E-state index contributed by atoms with van der Waals surface area (Å²) in [5.41, 5.74) is 0. The minimum atomic E-state index is 0.829. The molecule has 1 aliphatic heterocycles. The predicted octanol–water partition coefficient (Wildman–Crippen LogP) is 1.76. The quantitative estimate of drug-likeness (QED) is 0.492. The molecule has 12 heavy (non-hydrogen) atoms. The van der Waals surface area contributed by atoms with Crippen molar-refractivity contribution in [3.8, 4) is 0 Å². The molecule has 0 aromatic heterocycles. The van der Waals surface area contributed by atoms with Crippen LogP contribution in [0.15, 0.2) is 12.2 Å². The highest BCUT2D eigenvalue weighted by Crippen LogP contribution is 2.53. The van der Waals surface area contributed by atoms with Crippen molar-refractivity contribution < 1.29 is 0 Å². The molecule has 2 fully saturated rings. The summed E-state index contributed by atoms with van der Waals surface area (Å²) in [4.78, 5) is 2.54. The van der Waals surface area contributed by atoms with Crippen LogP contribution in [0.2, 0.25) is 0 Å². The normalized spacial score (nSPS) is 56.7. The summed E-state index contributed by atoms with van der Waals surface area (Å²) in [6, 6.07) is 0.829. The van der Waals surface area contributed by atoms with Gasteiger partial charge in [-0.1, -0.05) is 12.2 Å². The van der Waals surface area contributed by atoms with Crippen molar-refractivity contribution in [2.75, 3.05) is 13.6 Å². The molecule has 0 amide bonds. The van der Waals surface area contributed by atoms with E-state index in [1.165, 1.54) is 13.0 Å². The number of nitrogens with zero attached hydrogens (tertiary/aromatic N) is 1. The van der Waals surface area contributed by atoms with Crippen LogP contribution in [0.3, 0.4) is 0 Å². The van der Waals surface area contributed by atoms with E-state index in [4.69, 9.17) is 0 Å². The number of hydrogen-bond acceptors (Lipinski definition) is 1.